The summed E-state index contributed by atoms with van der Waals surface area (Å²) >= 11 is 0. The third kappa shape index (κ3) is 7.65. The van der Waals surface area contributed by atoms with Crippen LogP contribution in [-0.2, 0) is 8.85 Å². The van der Waals surface area contributed by atoms with E-state index >= 15 is 0 Å². The first-order chi connectivity index (χ1) is 18.4. The molecule has 1 heterocycles. The van der Waals surface area contributed by atoms with Gasteiger partial charge in [0.15, 0.2) is 19.9 Å². The minimum atomic E-state index is -2.16. The van der Waals surface area contributed by atoms with Gasteiger partial charge in [-0.15, -0.1) is 0 Å². The standard InChI is InChI=1S/C32H38O5Si2/c1-38(2,3)36-30(22-27(34)24-17-11-8-12-18-24)31-29(21-26(33)23-15-9-7-10-16-23)35-28-20-14-13-19-25(28)32(31)37-39(4,5)6/h7-20,29-30H,21-22H2,1-6H3/t29-,30+/m1/s1. The van der Waals surface area contributed by atoms with Crippen molar-refractivity contribution in [2.24, 2.45) is 0 Å². The number of benzene rings is 3. The van der Waals surface area contributed by atoms with Gasteiger partial charge in [-0.2, -0.15) is 0 Å². The second kappa shape index (κ2) is 11.9. The Morgan fingerprint density at radius 1 is 0.744 bits per heavy atom. The van der Waals surface area contributed by atoms with E-state index in [1.165, 1.54) is 0 Å². The van der Waals surface area contributed by atoms with Crippen LogP contribution in [-0.4, -0.2) is 40.4 Å². The van der Waals surface area contributed by atoms with Crippen molar-refractivity contribution in [3.63, 3.8) is 0 Å². The summed E-state index contributed by atoms with van der Waals surface area (Å²) in [5, 5.41) is 0. The molecule has 1 aliphatic heterocycles. The predicted molar refractivity (Wildman–Crippen MR) is 161 cm³/mol. The van der Waals surface area contributed by atoms with Crippen molar-refractivity contribution >= 4 is 34.0 Å². The van der Waals surface area contributed by atoms with E-state index in [0.717, 1.165) is 11.1 Å². The average molecular weight is 559 g/mol. The van der Waals surface area contributed by atoms with Crippen molar-refractivity contribution < 1.29 is 23.2 Å². The van der Waals surface area contributed by atoms with Gasteiger partial charge in [0.25, 0.3) is 0 Å². The van der Waals surface area contributed by atoms with Crippen LogP contribution in [0.3, 0.4) is 0 Å². The maximum atomic E-state index is 13.5. The molecule has 2 atom stereocenters. The fourth-order valence-corrected chi connectivity index (χ4v) is 6.57. The molecule has 1 aliphatic rings. The van der Waals surface area contributed by atoms with Gasteiger partial charge in [0.1, 0.15) is 17.6 Å². The normalized spacial score (nSPS) is 16.2. The minimum Gasteiger partial charge on any atom is -0.544 e. The molecule has 0 saturated heterocycles. The smallest absolute Gasteiger partial charge is 0.242 e. The molecule has 0 saturated carbocycles. The Labute approximate surface area is 234 Å². The predicted octanol–water partition coefficient (Wildman–Crippen LogP) is 7.78. The van der Waals surface area contributed by atoms with Crippen LogP contribution in [0.5, 0.6) is 5.75 Å². The Hall–Kier alpha value is -3.27. The lowest BCUT2D eigenvalue weighted by Crippen LogP contribution is -2.42. The van der Waals surface area contributed by atoms with Gasteiger partial charge in [-0.3, -0.25) is 9.59 Å². The molecular weight excluding hydrogens is 521 g/mol. The number of hydrogen-bond donors (Lipinski definition) is 0. The summed E-state index contributed by atoms with van der Waals surface area (Å²) in [7, 11) is -4.28. The third-order valence-electron chi connectivity index (χ3n) is 6.19. The molecule has 204 valence electrons. The summed E-state index contributed by atoms with van der Waals surface area (Å²) in [5.41, 5.74) is 2.82. The highest BCUT2D eigenvalue weighted by molar-refractivity contribution is 6.70. The number of fused-ring (bicyclic) bond motifs is 1. The number of Topliss-reactive ketones (excluding diaryl/α,β-unsaturated/α-hetero) is 2. The van der Waals surface area contributed by atoms with Crippen molar-refractivity contribution in [3.05, 3.63) is 107 Å². The van der Waals surface area contributed by atoms with Crippen molar-refractivity contribution in [1.82, 2.24) is 0 Å². The van der Waals surface area contributed by atoms with E-state index in [1.807, 2.05) is 84.9 Å². The summed E-state index contributed by atoms with van der Waals surface area (Å²) in [6.07, 6.45) is -0.998. The minimum absolute atomic E-state index is 0.0225. The van der Waals surface area contributed by atoms with E-state index in [9.17, 15) is 9.59 Å². The summed E-state index contributed by atoms with van der Waals surface area (Å²) < 4.78 is 20.1. The lowest BCUT2D eigenvalue weighted by molar-refractivity contribution is 0.0864. The zero-order chi connectivity index (χ0) is 28.2. The first kappa shape index (κ1) is 28.7. The molecule has 0 fully saturated rings. The van der Waals surface area contributed by atoms with Gasteiger partial charge in [0.2, 0.25) is 8.32 Å². The summed E-state index contributed by atoms with van der Waals surface area (Å²) in [5.74, 6) is 1.30. The summed E-state index contributed by atoms with van der Waals surface area (Å²) in [6, 6.07) is 26.3. The zero-order valence-electron chi connectivity index (χ0n) is 23.7. The van der Waals surface area contributed by atoms with E-state index in [1.54, 1.807) is 0 Å². The van der Waals surface area contributed by atoms with Crippen LogP contribution < -0.4 is 4.74 Å². The summed E-state index contributed by atoms with van der Waals surface area (Å²) in [4.78, 5) is 27.0. The Morgan fingerprint density at radius 3 is 1.85 bits per heavy atom. The number of ether oxygens (including phenoxy) is 1. The molecule has 5 nitrogen and oxygen atoms in total. The molecule has 3 aromatic carbocycles. The van der Waals surface area contributed by atoms with Gasteiger partial charge in [0, 0.05) is 23.1 Å². The number of para-hydroxylation sites is 1. The number of hydrogen-bond acceptors (Lipinski definition) is 5. The van der Waals surface area contributed by atoms with E-state index in [-0.39, 0.29) is 24.4 Å². The highest BCUT2D eigenvalue weighted by Gasteiger charge is 2.40. The van der Waals surface area contributed by atoms with Crippen LogP contribution in [0.25, 0.3) is 5.76 Å². The van der Waals surface area contributed by atoms with Gasteiger partial charge in [-0.1, -0.05) is 72.8 Å². The van der Waals surface area contributed by atoms with Crippen LogP contribution in [0.4, 0.5) is 0 Å². The van der Waals surface area contributed by atoms with E-state index in [0.29, 0.717) is 22.6 Å². The third-order valence-corrected chi connectivity index (χ3v) is 8.00. The van der Waals surface area contributed by atoms with Crippen LogP contribution in [0.15, 0.2) is 90.5 Å². The number of carbonyl (C=O) groups excluding carboxylic acids is 2. The SMILES string of the molecule is C[Si](C)(C)OC1=C([C@H](CC(=O)c2ccccc2)O[Si](C)(C)C)[C@@H](CC(=O)c2ccccc2)Oc2ccccc21. The van der Waals surface area contributed by atoms with Crippen LogP contribution >= 0.6 is 0 Å². The first-order valence-electron chi connectivity index (χ1n) is 13.4. The number of rotatable bonds is 11. The topological polar surface area (TPSA) is 61.8 Å². The van der Waals surface area contributed by atoms with Gasteiger partial charge < -0.3 is 13.6 Å². The average Bonchev–Trinajstić information content (AvgIpc) is 2.88. The van der Waals surface area contributed by atoms with Gasteiger partial charge >= 0.3 is 0 Å². The monoisotopic (exact) mass is 558 g/mol. The maximum Gasteiger partial charge on any atom is 0.242 e. The molecule has 3 aromatic rings. The molecule has 0 N–H and O–H groups in total. The number of carbonyl (C=O) groups is 2. The van der Waals surface area contributed by atoms with Crippen LogP contribution in [0, 0.1) is 0 Å². The molecule has 0 bridgehead atoms. The lowest BCUT2D eigenvalue weighted by atomic mass is 9.88. The summed E-state index contributed by atoms with van der Waals surface area (Å²) in [6.45, 7) is 12.7. The Bertz CT molecular complexity index is 1340. The molecule has 0 unspecified atom stereocenters. The maximum absolute atomic E-state index is 13.5. The van der Waals surface area contributed by atoms with E-state index in [2.05, 4.69) is 39.3 Å². The Morgan fingerprint density at radius 2 is 1.28 bits per heavy atom. The molecule has 39 heavy (non-hydrogen) atoms. The highest BCUT2D eigenvalue weighted by atomic mass is 28.4. The van der Waals surface area contributed by atoms with Crippen molar-refractivity contribution in [3.8, 4) is 5.75 Å². The van der Waals surface area contributed by atoms with Crippen molar-refractivity contribution in [2.75, 3.05) is 0 Å². The molecule has 0 spiro atoms. The second-order valence-corrected chi connectivity index (χ2v) is 20.7. The molecule has 0 aliphatic carbocycles. The van der Waals surface area contributed by atoms with Crippen molar-refractivity contribution in [1.29, 1.82) is 0 Å². The molecule has 0 amide bonds. The Kier molecular flexibility index (Phi) is 8.74. The number of ketones is 2. The molecule has 4 rings (SSSR count). The fraction of sp³-hybridized carbons (Fsp3) is 0.312. The Balaban J connectivity index is 1.86. The van der Waals surface area contributed by atoms with Gasteiger partial charge in [-0.05, 0) is 51.4 Å². The van der Waals surface area contributed by atoms with E-state index in [4.69, 9.17) is 13.6 Å². The fourth-order valence-electron chi connectivity index (χ4n) is 4.66. The largest absolute Gasteiger partial charge is 0.544 e. The molecule has 7 heteroatoms. The molecule has 0 aromatic heterocycles. The lowest BCUT2D eigenvalue weighted by Gasteiger charge is -2.38. The van der Waals surface area contributed by atoms with Crippen LogP contribution in [0.2, 0.25) is 39.3 Å². The van der Waals surface area contributed by atoms with Gasteiger partial charge in [-0.25, -0.2) is 0 Å². The van der Waals surface area contributed by atoms with E-state index < -0.39 is 28.8 Å². The van der Waals surface area contributed by atoms with Gasteiger partial charge in [0.05, 0.1) is 18.1 Å². The van der Waals surface area contributed by atoms with Crippen molar-refractivity contribution in [2.45, 2.75) is 64.3 Å². The molecular formula is C32H38O5Si2. The zero-order valence-corrected chi connectivity index (χ0v) is 25.7. The second-order valence-electron chi connectivity index (χ2n) is 11.8. The quantitative estimate of drug-likeness (QED) is 0.178. The highest BCUT2D eigenvalue weighted by Crippen LogP contribution is 2.42. The van der Waals surface area contributed by atoms with Crippen LogP contribution in [0.1, 0.15) is 39.1 Å². The molecule has 0 radical (unpaired) electrons. The first-order valence-corrected chi connectivity index (χ1v) is 20.3.